The molecule has 3 rings (SSSR count). The van der Waals surface area contributed by atoms with E-state index in [0.717, 1.165) is 5.92 Å². The van der Waals surface area contributed by atoms with E-state index in [1.807, 2.05) is 0 Å². The van der Waals surface area contributed by atoms with Gasteiger partial charge in [-0.3, -0.25) is 0 Å². The van der Waals surface area contributed by atoms with E-state index in [2.05, 4.69) is 66.4 Å². The van der Waals surface area contributed by atoms with E-state index >= 15 is 0 Å². The molecule has 0 radical (unpaired) electrons. The predicted octanol–water partition coefficient (Wildman–Crippen LogP) is 6.01. The van der Waals surface area contributed by atoms with Gasteiger partial charge < -0.3 is 4.90 Å². The largest absolute Gasteiger partial charge is 0.372 e. The number of piperidine rings is 1. The summed E-state index contributed by atoms with van der Waals surface area (Å²) in [5.74, 6) is 0.948. The fourth-order valence-corrected chi connectivity index (χ4v) is 3.81. The Bertz CT molecular complexity index is 579. The van der Waals surface area contributed by atoms with Gasteiger partial charge in [0.2, 0.25) is 0 Å². The Kier molecular flexibility index (Phi) is 6.34. The van der Waals surface area contributed by atoms with Crippen LogP contribution in [-0.4, -0.2) is 13.1 Å². The summed E-state index contributed by atoms with van der Waals surface area (Å²) in [5.41, 5.74) is 4.26. The van der Waals surface area contributed by atoms with Crippen LogP contribution in [0.25, 0.3) is 0 Å². The SMILES string of the molecule is Cc1ccc(CCCCCC2CCN(c3ccccc3)CC2)cc1. The second-order valence-electron chi connectivity index (χ2n) is 7.35. The van der Waals surface area contributed by atoms with Gasteiger partial charge in [-0.05, 0) is 56.2 Å². The molecule has 1 nitrogen and oxygen atoms in total. The molecule has 1 aliphatic heterocycles. The number of hydrogen-bond acceptors (Lipinski definition) is 1. The van der Waals surface area contributed by atoms with Gasteiger partial charge in [-0.15, -0.1) is 0 Å². The van der Waals surface area contributed by atoms with Crippen molar-refractivity contribution in [2.75, 3.05) is 18.0 Å². The molecule has 0 amide bonds. The third-order valence-corrected chi connectivity index (χ3v) is 5.43. The van der Waals surface area contributed by atoms with Crippen molar-refractivity contribution in [2.24, 2.45) is 5.92 Å². The molecular weight excluding hydrogens is 290 g/mol. The molecule has 1 aliphatic rings. The highest BCUT2D eigenvalue weighted by Gasteiger charge is 2.18. The molecule has 1 heteroatoms. The van der Waals surface area contributed by atoms with Crippen LogP contribution in [0.5, 0.6) is 0 Å². The summed E-state index contributed by atoms with van der Waals surface area (Å²) in [4.78, 5) is 2.55. The van der Waals surface area contributed by atoms with E-state index < -0.39 is 0 Å². The minimum atomic E-state index is 0.948. The van der Waals surface area contributed by atoms with Gasteiger partial charge in [0, 0.05) is 18.8 Å². The second-order valence-corrected chi connectivity index (χ2v) is 7.35. The predicted molar refractivity (Wildman–Crippen MR) is 105 cm³/mol. The molecule has 0 unspecified atom stereocenters. The summed E-state index contributed by atoms with van der Waals surface area (Å²) >= 11 is 0. The smallest absolute Gasteiger partial charge is 0.0366 e. The van der Waals surface area contributed by atoms with E-state index in [1.165, 1.54) is 74.8 Å². The summed E-state index contributed by atoms with van der Waals surface area (Å²) in [6.07, 6.45) is 9.53. The third-order valence-electron chi connectivity index (χ3n) is 5.43. The van der Waals surface area contributed by atoms with Crippen molar-refractivity contribution >= 4 is 5.69 Å². The van der Waals surface area contributed by atoms with Crippen molar-refractivity contribution in [3.05, 3.63) is 65.7 Å². The van der Waals surface area contributed by atoms with Gasteiger partial charge in [-0.1, -0.05) is 67.3 Å². The lowest BCUT2D eigenvalue weighted by Crippen LogP contribution is -2.33. The maximum atomic E-state index is 2.55. The van der Waals surface area contributed by atoms with Crippen molar-refractivity contribution in [1.29, 1.82) is 0 Å². The first-order chi connectivity index (χ1) is 11.8. The fourth-order valence-electron chi connectivity index (χ4n) is 3.81. The van der Waals surface area contributed by atoms with Gasteiger partial charge in [0.1, 0.15) is 0 Å². The first-order valence-corrected chi connectivity index (χ1v) is 9.67. The van der Waals surface area contributed by atoms with Gasteiger partial charge in [0.05, 0.1) is 0 Å². The van der Waals surface area contributed by atoms with E-state index in [1.54, 1.807) is 0 Å². The van der Waals surface area contributed by atoms with Crippen LogP contribution in [0.3, 0.4) is 0 Å². The Hall–Kier alpha value is -1.76. The van der Waals surface area contributed by atoms with Crippen molar-refractivity contribution in [1.82, 2.24) is 0 Å². The Labute approximate surface area is 147 Å². The molecule has 24 heavy (non-hydrogen) atoms. The highest BCUT2D eigenvalue weighted by Crippen LogP contribution is 2.26. The molecule has 1 fully saturated rings. The molecule has 2 aromatic carbocycles. The molecule has 1 heterocycles. The summed E-state index contributed by atoms with van der Waals surface area (Å²) in [6.45, 7) is 4.63. The molecule has 0 bridgehead atoms. The van der Waals surface area contributed by atoms with Gasteiger partial charge in [0.15, 0.2) is 0 Å². The van der Waals surface area contributed by atoms with E-state index in [4.69, 9.17) is 0 Å². The van der Waals surface area contributed by atoms with Crippen LogP contribution in [0.15, 0.2) is 54.6 Å². The van der Waals surface area contributed by atoms with Crippen molar-refractivity contribution in [3.8, 4) is 0 Å². The van der Waals surface area contributed by atoms with Crippen LogP contribution in [0, 0.1) is 12.8 Å². The average Bonchev–Trinajstić information content (AvgIpc) is 2.64. The maximum Gasteiger partial charge on any atom is 0.0366 e. The Balaban J connectivity index is 1.29. The van der Waals surface area contributed by atoms with Crippen molar-refractivity contribution < 1.29 is 0 Å². The maximum absolute atomic E-state index is 2.55. The van der Waals surface area contributed by atoms with Crippen LogP contribution < -0.4 is 4.90 Å². The fraction of sp³-hybridized carbons (Fsp3) is 0.478. The first-order valence-electron chi connectivity index (χ1n) is 9.67. The van der Waals surface area contributed by atoms with Crippen molar-refractivity contribution in [3.63, 3.8) is 0 Å². The standard InChI is InChI=1S/C23H31N/c1-20-12-14-21(15-13-20)8-4-2-5-9-22-16-18-24(19-17-22)23-10-6-3-7-11-23/h3,6-7,10-15,22H,2,4-5,8-9,16-19H2,1H3. The van der Waals surface area contributed by atoms with E-state index in [-0.39, 0.29) is 0 Å². The Morgan fingerprint density at radius 3 is 2.25 bits per heavy atom. The van der Waals surface area contributed by atoms with Gasteiger partial charge in [0.25, 0.3) is 0 Å². The number of anilines is 1. The summed E-state index contributed by atoms with van der Waals surface area (Å²) in [6, 6.07) is 19.9. The molecule has 0 aliphatic carbocycles. The minimum absolute atomic E-state index is 0.948. The van der Waals surface area contributed by atoms with Gasteiger partial charge >= 0.3 is 0 Å². The molecule has 1 saturated heterocycles. The average molecular weight is 322 g/mol. The molecule has 128 valence electrons. The van der Waals surface area contributed by atoms with Crippen LogP contribution in [0.4, 0.5) is 5.69 Å². The number of nitrogens with zero attached hydrogens (tertiary/aromatic N) is 1. The molecule has 0 saturated carbocycles. The third kappa shape index (κ3) is 5.12. The van der Waals surface area contributed by atoms with Crippen LogP contribution >= 0.6 is 0 Å². The van der Waals surface area contributed by atoms with Gasteiger partial charge in [-0.25, -0.2) is 0 Å². The summed E-state index contributed by atoms with van der Waals surface area (Å²) in [7, 11) is 0. The van der Waals surface area contributed by atoms with Gasteiger partial charge in [-0.2, -0.15) is 0 Å². The highest BCUT2D eigenvalue weighted by atomic mass is 15.1. The summed E-state index contributed by atoms with van der Waals surface area (Å²) < 4.78 is 0. The van der Waals surface area contributed by atoms with E-state index in [0.29, 0.717) is 0 Å². The molecule has 0 spiro atoms. The normalized spacial score (nSPS) is 15.6. The van der Waals surface area contributed by atoms with Crippen LogP contribution in [0.1, 0.15) is 49.7 Å². The molecule has 0 aromatic heterocycles. The van der Waals surface area contributed by atoms with Crippen LogP contribution in [0.2, 0.25) is 0 Å². The number of hydrogen-bond donors (Lipinski definition) is 0. The highest BCUT2D eigenvalue weighted by molar-refractivity contribution is 5.46. The number of aryl methyl sites for hydroxylation is 2. The lowest BCUT2D eigenvalue weighted by Gasteiger charge is -2.33. The Morgan fingerprint density at radius 1 is 0.833 bits per heavy atom. The molecule has 2 aromatic rings. The summed E-state index contributed by atoms with van der Waals surface area (Å²) in [5, 5.41) is 0. The second kappa shape index (κ2) is 8.92. The molecular formula is C23H31N. The number of unbranched alkanes of at least 4 members (excludes halogenated alkanes) is 2. The molecule has 0 atom stereocenters. The number of para-hydroxylation sites is 1. The zero-order chi connectivity index (χ0) is 16.6. The van der Waals surface area contributed by atoms with Crippen molar-refractivity contribution in [2.45, 2.75) is 51.9 Å². The quantitative estimate of drug-likeness (QED) is 0.564. The molecule has 0 N–H and O–H groups in total. The van der Waals surface area contributed by atoms with Crippen LogP contribution in [-0.2, 0) is 6.42 Å². The zero-order valence-corrected chi connectivity index (χ0v) is 15.1. The van der Waals surface area contributed by atoms with E-state index in [9.17, 15) is 0 Å². The topological polar surface area (TPSA) is 3.24 Å². The first kappa shape index (κ1) is 17.1. The zero-order valence-electron chi connectivity index (χ0n) is 15.1. The minimum Gasteiger partial charge on any atom is -0.372 e. The lowest BCUT2D eigenvalue weighted by molar-refractivity contribution is 0.367. The number of benzene rings is 2. The lowest BCUT2D eigenvalue weighted by atomic mass is 9.90. The monoisotopic (exact) mass is 321 g/mol. The number of rotatable bonds is 7. The Morgan fingerprint density at radius 2 is 1.54 bits per heavy atom.